The summed E-state index contributed by atoms with van der Waals surface area (Å²) in [6, 6.07) is 7.74. The van der Waals surface area contributed by atoms with Gasteiger partial charge in [-0.25, -0.2) is 15.0 Å². The third-order valence-corrected chi connectivity index (χ3v) is 7.51. The van der Waals surface area contributed by atoms with Crippen molar-refractivity contribution in [2.45, 2.75) is 27.7 Å². The van der Waals surface area contributed by atoms with E-state index in [4.69, 9.17) is 21.3 Å². The lowest BCUT2D eigenvalue weighted by molar-refractivity contribution is 0.418. The van der Waals surface area contributed by atoms with Gasteiger partial charge in [0.05, 0.1) is 30.4 Å². The first-order chi connectivity index (χ1) is 14.5. The molecule has 1 aromatic carbocycles. The van der Waals surface area contributed by atoms with E-state index in [1.807, 2.05) is 51.3 Å². The van der Waals surface area contributed by atoms with E-state index >= 15 is 0 Å². The lowest BCUT2D eigenvalue weighted by atomic mass is 10.1. The number of para-hydroxylation sites is 1. The third-order valence-electron chi connectivity index (χ3n) is 4.17. The number of ether oxygens (including phenoxy) is 1. The van der Waals surface area contributed by atoms with Gasteiger partial charge in [-0.3, -0.25) is 4.34 Å². The van der Waals surface area contributed by atoms with Crippen molar-refractivity contribution < 1.29 is 4.74 Å². The van der Waals surface area contributed by atoms with Crippen LogP contribution in [0.2, 0.25) is 5.15 Å². The highest BCUT2D eigenvalue weighted by Crippen LogP contribution is 2.41. The molecular formula is C20H22ClIN5OPS. The number of hydrogen-bond donors (Lipinski definition) is 1. The zero-order valence-electron chi connectivity index (χ0n) is 17.2. The first-order valence-electron chi connectivity index (χ1n) is 9.30. The molecule has 0 saturated carbocycles. The van der Waals surface area contributed by atoms with Crippen molar-refractivity contribution >= 4 is 73.9 Å². The summed E-state index contributed by atoms with van der Waals surface area (Å²) >= 11 is 10.2. The molecule has 0 fully saturated rings. The number of aromatic nitrogens is 4. The maximum absolute atomic E-state index is 6.30. The molecule has 158 valence electrons. The highest BCUT2D eigenvalue weighted by atomic mass is 127. The Bertz CT molecular complexity index is 1180. The number of hydrogen-bond acceptors (Lipinski definition) is 6. The molecule has 1 atom stereocenters. The number of imidazole rings is 1. The molecule has 0 saturated heterocycles. The van der Waals surface area contributed by atoms with E-state index in [9.17, 15) is 0 Å². The third kappa shape index (κ3) is 4.56. The topological polar surface area (TPSA) is 64.9 Å². The van der Waals surface area contributed by atoms with Gasteiger partial charge in [0.15, 0.2) is 11.4 Å². The van der Waals surface area contributed by atoms with Gasteiger partial charge in [-0.15, -0.1) is 11.3 Å². The Morgan fingerprint density at radius 1 is 1.17 bits per heavy atom. The SMILES string of the molecule is CC.COc1c(Nc2cc(Cl)nc3c2nc(C)n3PI)cccc1-c1nc(C)cs1. The Balaban J connectivity index is 0.00000124. The second kappa shape index (κ2) is 10.2. The van der Waals surface area contributed by atoms with Crippen LogP contribution in [-0.2, 0) is 0 Å². The van der Waals surface area contributed by atoms with Gasteiger partial charge in [0.25, 0.3) is 0 Å². The molecule has 0 aliphatic carbocycles. The molecule has 0 radical (unpaired) electrons. The van der Waals surface area contributed by atoms with Gasteiger partial charge in [-0.05, 0) is 48.0 Å². The van der Waals surface area contributed by atoms with Crippen molar-refractivity contribution in [3.63, 3.8) is 0 Å². The molecule has 0 aliphatic rings. The average Bonchev–Trinajstić information content (AvgIpc) is 3.31. The predicted molar refractivity (Wildman–Crippen MR) is 138 cm³/mol. The van der Waals surface area contributed by atoms with Crippen molar-refractivity contribution in [1.29, 1.82) is 0 Å². The van der Waals surface area contributed by atoms with Gasteiger partial charge in [0, 0.05) is 17.1 Å². The Morgan fingerprint density at radius 2 is 1.93 bits per heavy atom. The number of rotatable bonds is 5. The number of halogens is 2. The number of pyridine rings is 1. The molecule has 3 aromatic heterocycles. The number of thiazole rings is 1. The van der Waals surface area contributed by atoms with Crippen LogP contribution in [0.1, 0.15) is 25.4 Å². The summed E-state index contributed by atoms with van der Waals surface area (Å²) in [7, 11) is 1.66. The summed E-state index contributed by atoms with van der Waals surface area (Å²) in [4.78, 5) is 13.8. The van der Waals surface area contributed by atoms with Crippen LogP contribution >= 0.6 is 51.4 Å². The fourth-order valence-electron chi connectivity index (χ4n) is 2.97. The van der Waals surface area contributed by atoms with E-state index in [1.54, 1.807) is 24.5 Å². The Kier molecular flexibility index (Phi) is 7.90. The fourth-order valence-corrected chi connectivity index (χ4v) is 6.12. The molecule has 1 unspecified atom stereocenters. The number of anilines is 2. The first kappa shape index (κ1) is 23.2. The normalized spacial score (nSPS) is 11.0. The number of nitrogens with one attached hydrogen (secondary N) is 1. The molecule has 0 spiro atoms. The average molecular weight is 574 g/mol. The summed E-state index contributed by atoms with van der Waals surface area (Å²) in [6.45, 7) is 7.95. The Morgan fingerprint density at radius 3 is 2.57 bits per heavy atom. The maximum Gasteiger partial charge on any atom is 0.167 e. The molecule has 0 bridgehead atoms. The van der Waals surface area contributed by atoms with Crippen LogP contribution in [0.4, 0.5) is 11.4 Å². The van der Waals surface area contributed by atoms with Gasteiger partial charge >= 0.3 is 0 Å². The van der Waals surface area contributed by atoms with Crippen LogP contribution in [0.15, 0.2) is 29.6 Å². The van der Waals surface area contributed by atoms with Gasteiger partial charge < -0.3 is 10.1 Å². The van der Waals surface area contributed by atoms with Gasteiger partial charge in [0.2, 0.25) is 0 Å². The zero-order chi connectivity index (χ0) is 21.8. The molecule has 6 nitrogen and oxygen atoms in total. The molecule has 4 aromatic rings. The quantitative estimate of drug-likeness (QED) is 0.153. The zero-order valence-corrected chi connectivity index (χ0v) is 22.0. The predicted octanol–water partition coefficient (Wildman–Crippen LogP) is 7.40. The highest BCUT2D eigenvalue weighted by Gasteiger charge is 2.17. The minimum Gasteiger partial charge on any atom is -0.494 e. The van der Waals surface area contributed by atoms with Gasteiger partial charge in [-0.2, -0.15) is 0 Å². The molecular weight excluding hydrogens is 552 g/mol. The monoisotopic (exact) mass is 573 g/mol. The largest absolute Gasteiger partial charge is 0.494 e. The summed E-state index contributed by atoms with van der Waals surface area (Å²) < 4.78 is 7.79. The number of methoxy groups -OCH3 is 1. The minimum atomic E-state index is 0.413. The van der Waals surface area contributed by atoms with E-state index in [0.717, 1.165) is 50.4 Å². The molecule has 3 heterocycles. The van der Waals surface area contributed by atoms with E-state index in [-0.39, 0.29) is 0 Å². The minimum absolute atomic E-state index is 0.413. The molecule has 1 N–H and O–H groups in total. The Labute approximate surface area is 199 Å². The van der Waals surface area contributed by atoms with Gasteiger partial charge in [-0.1, -0.05) is 31.5 Å². The fraction of sp³-hybridized carbons (Fsp3) is 0.250. The van der Waals surface area contributed by atoms with Crippen LogP contribution in [0.5, 0.6) is 5.75 Å². The van der Waals surface area contributed by atoms with E-state index < -0.39 is 0 Å². The van der Waals surface area contributed by atoms with Crippen LogP contribution in [-0.4, -0.2) is 26.4 Å². The van der Waals surface area contributed by atoms with Crippen LogP contribution in [0.3, 0.4) is 0 Å². The van der Waals surface area contributed by atoms with Crippen molar-refractivity contribution in [3.8, 4) is 16.3 Å². The molecule has 4 rings (SSSR count). The van der Waals surface area contributed by atoms with Crippen LogP contribution < -0.4 is 10.1 Å². The van der Waals surface area contributed by atoms with E-state index in [1.165, 1.54) is 0 Å². The summed E-state index contributed by atoms with van der Waals surface area (Å²) in [6.07, 6.45) is 0.491. The summed E-state index contributed by atoms with van der Waals surface area (Å²) in [5.41, 5.74) is 5.09. The lowest BCUT2D eigenvalue weighted by Gasteiger charge is -2.14. The maximum atomic E-state index is 6.30. The second-order valence-corrected chi connectivity index (χ2v) is 9.36. The molecule has 10 heteroatoms. The number of aryl methyl sites for hydroxylation is 2. The standard InChI is InChI=1S/C18H16ClIN5OPS.C2H6/c1-9-8-28-18(21-9)11-5-4-6-12(16(11)26-3)23-13-7-14(19)24-17-15(13)22-10(2)25(17)27-20;1-2/h4-8,27H,1-3H3,(H,23,24);1-2H3. The Hall–Kier alpha value is -1.48. The van der Waals surface area contributed by atoms with E-state index in [0.29, 0.717) is 11.5 Å². The van der Waals surface area contributed by atoms with Crippen LogP contribution in [0.25, 0.3) is 21.7 Å². The highest BCUT2D eigenvalue weighted by molar-refractivity contribution is 14.2. The molecule has 30 heavy (non-hydrogen) atoms. The first-order valence-corrected chi connectivity index (χ1v) is 14.6. The van der Waals surface area contributed by atoms with Gasteiger partial charge in [0.1, 0.15) is 21.5 Å². The smallest absolute Gasteiger partial charge is 0.167 e. The van der Waals surface area contributed by atoms with Crippen molar-refractivity contribution in [2.24, 2.45) is 0 Å². The summed E-state index contributed by atoms with van der Waals surface area (Å²) in [5.74, 6) is 1.63. The second-order valence-electron chi connectivity index (χ2n) is 6.05. The number of nitrogens with zero attached hydrogens (tertiary/aromatic N) is 4. The van der Waals surface area contributed by atoms with Crippen molar-refractivity contribution in [1.82, 2.24) is 19.3 Å². The van der Waals surface area contributed by atoms with E-state index in [2.05, 4.69) is 41.7 Å². The van der Waals surface area contributed by atoms with Crippen molar-refractivity contribution in [2.75, 3.05) is 12.4 Å². The summed E-state index contributed by atoms with van der Waals surface area (Å²) in [5, 5.41) is 6.80. The van der Waals surface area contributed by atoms with Crippen LogP contribution in [0, 0.1) is 13.8 Å². The van der Waals surface area contributed by atoms with Crippen molar-refractivity contribution in [3.05, 3.63) is 46.3 Å². The number of fused-ring (bicyclic) bond motifs is 1. The number of benzene rings is 1. The molecule has 0 amide bonds. The molecule has 0 aliphatic heterocycles. The lowest BCUT2D eigenvalue weighted by Crippen LogP contribution is -1.98.